The molecule has 0 atom stereocenters. The molecule has 1 saturated carbocycles. The molecule has 5 heteroatoms. The molecule has 0 unspecified atom stereocenters. The van der Waals surface area contributed by atoms with Crippen LogP contribution in [0.1, 0.15) is 32.1 Å². The summed E-state index contributed by atoms with van der Waals surface area (Å²) in [6.07, 6.45) is 6.44. The van der Waals surface area contributed by atoms with Crippen molar-refractivity contribution in [1.29, 1.82) is 0 Å². The number of carbonyl (C=O) groups excluding carboxylic acids is 1. The highest BCUT2D eigenvalue weighted by Gasteiger charge is 2.19. The Hall–Kier alpha value is -0.320. The molecule has 17 heavy (non-hydrogen) atoms. The van der Waals surface area contributed by atoms with E-state index in [0.717, 1.165) is 39.0 Å². The Labute approximate surface area is 109 Å². The number of carbonyl (C=O) groups is 1. The predicted octanol–water partition coefficient (Wildman–Crippen LogP) is 1.19. The molecule has 0 aromatic carbocycles. The highest BCUT2D eigenvalue weighted by molar-refractivity contribution is 5.85. The molecule has 1 saturated heterocycles. The number of nitrogens with zero attached hydrogens (tertiary/aromatic N) is 1. The lowest BCUT2D eigenvalue weighted by atomic mass is 9.98. The van der Waals surface area contributed by atoms with E-state index in [1.807, 2.05) is 4.90 Å². The van der Waals surface area contributed by atoms with Crippen molar-refractivity contribution in [3.05, 3.63) is 0 Å². The molecule has 0 aromatic rings. The second kappa shape index (κ2) is 7.90. The molecule has 1 heterocycles. The monoisotopic (exact) mass is 262 g/mol. The summed E-state index contributed by atoms with van der Waals surface area (Å²) in [7, 11) is 0. The Morgan fingerprint density at radius 1 is 1.18 bits per heavy atom. The first-order valence-electron chi connectivity index (χ1n) is 6.46. The molecule has 0 spiro atoms. The van der Waals surface area contributed by atoms with Crippen LogP contribution < -0.4 is 5.32 Å². The van der Waals surface area contributed by atoms with Crippen LogP contribution in [0.3, 0.4) is 0 Å². The zero-order valence-electron chi connectivity index (χ0n) is 10.3. The first kappa shape index (κ1) is 14.7. The Morgan fingerprint density at radius 3 is 2.47 bits per heavy atom. The van der Waals surface area contributed by atoms with Crippen molar-refractivity contribution in [3.8, 4) is 0 Å². The summed E-state index contributed by atoms with van der Waals surface area (Å²) in [6.45, 7) is 3.76. The Morgan fingerprint density at radius 2 is 1.82 bits per heavy atom. The van der Waals surface area contributed by atoms with Gasteiger partial charge >= 0.3 is 0 Å². The molecule has 0 radical (unpaired) electrons. The summed E-state index contributed by atoms with van der Waals surface area (Å²) < 4.78 is 5.69. The van der Waals surface area contributed by atoms with E-state index in [-0.39, 0.29) is 24.9 Å². The van der Waals surface area contributed by atoms with E-state index in [2.05, 4.69) is 5.32 Å². The van der Waals surface area contributed by atoms with Crippen molar-refractivity contribution in [2.75, 3.05) is 32.8 Å². The van der Waals surface area contributed by atoms with Gasteiger partial charge < -0.3 is 15.0 Å². The van der Waals surface area contributed by atoms with Gasteiger partial charge in [-0.05, 0) is 12.8 Å². The number of piperazine rings is 1. The Kier molecular flexibility index (Phi) is 6.85. The van der Waals surface area contributed by atoms with E-state index in [9.17, 15) is 4.79 Å². The van der Waals surface area contributed by atoms with Crippen LogP contribution in [0, 0.1) is 0 Å². The SMILES string of the molecule is Cl.O=C(COC1CCCCC1)N1CCNCC1. The third-order valence-electron chi connectivity index (χ3n) is 3.46. The van der Waals surface area contributed by atoms with E-state index in [1.165, 1.54) is 19.3 Å². The van der Waals surface area contributed by atoms with E-state index in [4.69, 9.17) is 4.74 Å². The number of hydrogen-bond acceptors (Lipinski definition) is 3. The smallest absolute Gasteiger partial charge is 0.248 e. The second-order valence-electron chi connectivity index (χ2n) is 4.70. The molecule has 100 valence electrons. The van der Waals surface area contributed by atoms with Crippen LogP contribution in [0.4, 0.5) is 0 Å². The number of halogens is 1. The van der Waals surface area contributed by atoms with Crippen molar-refractivity contribution >= 4 is 18.3 Å². The third-order valence-corrected chi connectivity index (χ3v) is 3.46. The van der Waals surface area contributed by atoms with E-state index < -0.39 is 0 Å². The van der Waals surface area contributed by atoms with E-state index in [0.29, 0.717) is 6.10 Å². The molecule has 0 aromatic heterocycles. The summed E-state index contributed by atoms with van der Waals surface area (Å²) in [5, 5.41) is 3.24. The molecule has 1 aliphatic carbocycles. The van der Waals surface area contributed by atoms with Gasteiger partial charge in [0, 0.05) is 26.2 Å². The van der Waals surface area contributed by atoms with Gasteiger partial charge in [0.1, 0.15) is 6.61 Å². The maximum atomic E-state index is 11.8. The normalized spacial score (nSPS) is 22.0. The van der Waals surface area contributed by atoms with Crippen molar-refractivity contribution < 1.29 is 9.53 Å². The minimum Gasteiger partial charge on any atom is -0.368 e. The molecule has 1 N–H and O–H groups in total. The van der Waals surface area contributed by atoms with Crippen LogP contribution >= 0.6 is 12.4 Å². The molecule has 2 fully saturated rings. The van der Waals surface area contributed by atoms with Crippen LogP contribution in [0.5, 0.6) is 0 Å². The molecule has 2 aliphatic rings. The largest absolute Gasteiger partial charge is 0.368 e. The van der Waals surface area contributed by atoms with Crippen LogP contribution in [0.2, 0.25) is 0 Å². The minimum atomic E-state index is 0. The summed E-state index contributed by atoms with van der Waals surface area (Å²) in [5.74, 6) is 0.159. The van der Waals surface area contributed by atoms with Crippen molar-refractivity contribution in [3.63, 3.8) is 0 Å². The van der Waals surface area contributed by atoms with E-state index >= 15 is 0 Å². The number of amides is 1. The van der Waals surface area contributed by atoms with Crippen LogP contribution in [-0.4, -0.2) is 49.7 Å². The first-order chi connectivity index (χ1) is 7.86. The van der Waals surface area contributed by atoms with Gasteiger partial charge in [0.05, 0.1) is 6.10 Å². The van der Waals surface area contributed by atoms with Gasteiger partial charge in [-0.2, -0.15) is 0 Å². The highest BCUT2D eigenvalue weighted by atomic mass is 35.5. The van der Waals surface area contributed by atoms with Gasteiger partial charge in [0.15, 0.2) is 0 Å². The van der Waals surface area contributed by atoms with Crippen molar-refractivity contribution in [2.24, 2.45) is 0 Å². The lowest BCUT2D eigenvalue weighted by molar-refractivity contribution is -0.139. The second-order valence-corrected chi connectivity index (χ2v) is 4.70. The molecule has 1 aliphatic heterocycles. The summed E-state index contributed by atoms with van der Waals surface area (Å²) >= 11 is 0. The molecular weight excluding hydrogens is 240 g/mol. The first-order valence-corrected chi connectivity index (χ1v) is 6.46. The maximum Gasteiger partial charge on any atom is 0.248 e. The molecule has 1 amide bonds. The fourth-order valence-electron chi connectivity index (χ4n) is 2.43. The fourth-order valence-corrected chi connectivity index (χ4v) is 2.43. The van der Waals surface area contributed by atoms with Gasteiger partial charge in [0.2, 0.25) is 5.91 Å². The number of nitrogens with one attached hydrogen (secondary N) is 1. The summed E-state index contributed by atoms with van der Waals surface area (Å²) in [5.41, 5.74) is 0. The number of rotatable bonds is 3. The van der Waals surface area contributed by atoms with Gasteiger partial charge in [0.25, 0.3) is 0 Å². The predicted molar refractivity (Wildman–Crippen MR) is 69.5 cm³/mol. The van der Waals surface area contributed by atoms with Crippen LogP contribution in [-0.2, 0) is 9.53 Å². The quantitative estimate of drug-likeness (QED) is 0.831. The zero-order valence-corrected chi connectivity index (χ0v) is 11.1. The highest BCUT2D eigenvalue weighted by Crippen LogP contribution is 2.20. The topological polar surface area (TPSA) is 41.6 Å². The van der Waals surface area contributed by atoms with Gasteiger partial charge in [-0.15, -0.1) is 12.4 Å². The molecule has 2 rings (SSSR count). The average molecular weight is 263 g/mol. The number of ether oxygens (including phenoxy) is 1. The van der Waals surface area contributed by atoms with Gasteiger partial charge in [-0.3, -0.25) is 4.79 Å². The third kappa shape index (κ3) is 4.82. The lowest BCUT2D eigenvalue weighted by Gasteiger charge is -2.28. The molecular formula is C12H23ClN2O2. The van der Waals surface area contributed by atoms with E-state index in [1.54, 1.807) is 0 Å². The fraction of sp³-hybridized carbons (Fsp3) is 0.917. The molecule has 0 bridgehead atoms. The Balaban J connectivity index is 0.00000144. The average Bonchev–Trinajstić information content (AvgIpc) is 2.38. The summed E-state index contributed by atoms with van der Waals surface area (Å²) in [4.78, 5) is 13.7. The standard InChI is InChI=1S/C12H22N2O2.ClH/c15-12(14-8-6-13-7-9-14)10-16-11-4-2-1-3-5-11;/h11,13H,1-10H2;1H. The van der Waals surface area contributed by atoms with Gasteiger partial charge in [-0.25, -0.2) is 0 Å². The lowest BCUT2D eigenvalue weighted by Crippen LogP contribution is -2.47. The molecule has 4 nitrogen and oxygen atoms in total. The number of hydrogen-bond donors (Lipinski definition) is 1. The minimum absolute atomic E-state index is 0. The van der Waals surface area contributed by atoms with Crippen molar-refractivity contribution in [2.45, 2.75) is 38.2 Å². The van der Waals surface area contributed by atoms with Crippen molar-refractivity contribution in [1.82, 2.24) is 10.2 Å². The zero-order chi connectivity index (χ0) is 11.2. The maximum absolute atomic E-state index is 11.8. The Bertz CT molecular complexity index is 227. The van der Waals surface area contributed by atoms with Crippen LogP contribution in [0.25, 0.3) is 0 Å². The van der Waals surface area contributed by atoms with Gasteiger partial charge in [-0.1, -0.05) is 19.3 Å². The van der Waals surface area contributed by atoms with Crippen LogP contribution in [0.15, 0.2) is 0 Å². The summed E-state index contributed by atoms with van der Waals surface area (Å²) in [6, 6.07) is 0.